The lowest BCUT2D eigenvalue weighted by Gasteiger charge is -2.09. The Balaban J connectivity index is 2.36. The summed E-state index contributed by atoms with van der Waals surface area (Å²) in [5, 5.41) is 0. The van der Waals surface area contributed by atoms with Crippen molar-refractivity contribution >= 4 is 15.9 Å². The number of halogens is 1. The van der Waals surface area contributed by atoms with Crippen LogP contribution in [0.25, 0.3) is 0 Å². The van der Waals surface area contributed by atoms with E-state index in [0.29, 0.717) is 11.1 Å². The van der Waals surface area contributed by atoms with E-state index in [4.69, 9.17) is 4.74 Å². The van der Waals surface area contributed by atoms with E-state index in [1.54, 1.807) is 17.9 Å². The third-order valence-electron chi connectivity index (χ3n) is 3.01. The SMILES string of the molecule is COc1ccc(Cn2cc(Br)nc(C#CC(C)(C)C)c2=O)cc1. The van der Waals surface area contributed by atoms with Gasteiger partial charge < -0.3 is 9.30 Å². The van der Waals surface area contributed by atoms with Gasteiger partial charge in [0.05, 0.1) is 13.7 Å². The molecular weight excluding hydrogens is 356 g/mol. The minimum absolute atomic E-state index is 0.183. The van der Waals surface area contributed by atoms with E-state index < -0.39 is 0 Å². The van der Waals surface area contributed by atoms with E-state index in [2.05, 4.69) is 32.8 Å². The molecule has 0 N–H and O–H groups in total. The van der Waals surface area contributed by atoms with Gasteiger partial charge in [-0.2, -0.15) is 0 Å². The van der Waals surface area contributed by atoms with Gasteiger partial charge in [-0.3, -0.25) is 4.79 Å². The van der Waals surface area contributed by atoms with Gasteiger partial charge in [0.1, 0.15) is 10.4 Å². The summed E-state index contributed by atoms with van der Waals surface area (Å²) in [5.74, 6) is 6.73. The van der Waals surface area contributed by atoms with Crippen LogP contribution in [0.4, 0.5) is 0 Å². The molecule has 1 aromatic carbocycles. The molecule has 0 saturated heterocycles. The molecule has 2 aromatic rings. The number of methoxy groups -OCH3 is 1. The highest BCUT2D eigenvalue weighted by atomic mass is 79.9. The second-order valence-electron chi connectivity index (χ2n) is 6.19. The van der Waals surface area contributed by atoms with Crippen molar-refractivity contribution in [2.24, 2.45) is 5.41 Å². The van der Waals surface area contributed by atoms with Crippen molar-refractivity contribution in [1.82, 2.24) is 9.55 Å². The van der Waals surface area contributed by atoms with Crippen LogP contribution >= 0.6 is 15.9 Å². The Kier molecular flexibility index (Phi) is 5.27. The first kappa shape index (κ1) is 17.3. The van der Waals surface area contributed by atoms with Crippen LogP contribution in [0.1, 0.15) is 32.0 Å². The average Bonchev–Trinajstić information content (AvgIpc) is 2.49. The van der Waals surface area contributed by atoms with E-state index in [1.165, 1.54) is 0 Å². The Morgan fingerprint density at radius 1 is 1.26 bits per heavy atom. The molecule has 0 aliphatic carbocycles. The van der Waals surface area contributed by atoms with Gasteiger partial charge in [0, 0.05) is 11.6 Å². The summed E-state index contributed by atoms with van der Waals surface area (Å²) in [6, 6.07) is 7.61. The number of nitrogens with zero attached hydrogens (tertiary/aromatic N) is 2. The van der Waals surface area contributed by atoms with E-state index in [1.807, 2.05) is 45.0 Å². The first-order chi connectivity index (χ1) is 10.8. The maximum atomic E-state index is 12.5. The fourth-order valence-electron chi connectivity index (χ4n) is 1.88. The molecule has 1 aromatic heterocycles. The van der Waals surface area contributed by atoms with Crippen molar-refractivity contribution in [3.05, 3.63) is 56.7 Å². The number of benzene rings is 1. The zero-order valence-corrected chi connectivity index (χ0v) is 15.3. The van der Waals surface area contributed by atoms with Crippen molar-refractivity contribution < 1.29 is 4.74 Å². The standard InChI is InChI=1S/C18H19BrN2O2/c1-18(2,3)10-9-15-17(22)21(12-16(19)20-15)11-13-5-7-14(23-4)8-6-13/h5-8,12H,11H2,1-4H3. The quantitative estimate of drug-likeness (QED) is 0.772. The Morgan fingerprint density at radius 3 is 2.48 bits per heavy atom. The molecule has 0 aliphatic heterocycles. The smallest absolute Gasteiger partial charge is 0.285 e. The van der Waals surface area contributed by atoms with Crippen LogP contribution < -0.4 is 10.3 Å². The molecule has 0 radical (unpaired) electrons. The molecule has 1 heterocycles. The van der Waals surface area contributed by atoms with Gasteiger partial charge in [-0.1, -0.05) is 18.1 Å². The van der Waals surface area contributed by atoms with E-state index in [-0.39, 0.29) is 16.7 Å². The number of hydrogen-bond donors (Lipinski definition) is 0. The molecule has 0 aliphatic rings. The van der Waals surface area contributed by atoms with Crippen molar-refractivity contribution in [2.45, 2.75) is 27.3 Å². The summed E-state index contributed by atoms with van der Waals surface area (Å²) in [4.78, 5) is 16.7. The number of rotatable bonds is 3. The highest BCUT2D eigenvalue weighted by Crippen LogP contribution is 2.13. The first-order valence-corrected chi connectivity index (χ1v) is 8.01. The maximum Gasteiger partial charge on any atom is 0.285 e. The minimum Gasteiger partial charge on any atom is -0.497 e. The second-order valence-corrected chi connectivity index (χ2v) is 7.01. The maximum absolute atomic E-state index is 12.5. The molecule has 2 rings (SSSR count). The lowest BCUT2D eigenvalue weighted by atomic mass is 9.98. The van der Waals surface area contributed by atoms with Gasteiger partial charge in [-0.05, 0) is 60.3 Å². The normalized spacial score (nSPS) is 10.8. The van der Waals surface area contributed by atoms with Gasteiger partial charge in [0.2, 0.25) is 0 Å². The number of hydrogen-bond acceptors (Lipinski definition) is 3. The van der Waals surface area contributed by atoms with Crippen LogP contribution in [0.2, 0.25) is 0 Å². The van der Waals surface area contributed by atoms with Crippen LogP contribution in [0, 0.1) is 17.3 Å². The van der Waals surface area contributed by atoms with E-state index in [9.17, 15) is 4.79 Å². The largest absolute Gasteiger partial charge is 0.497 e. The zero-order valence-electron chi connectivity index (χ0n) is 13.7. The predicted octanol–water partition coefficient (Wildman–Crippen LogP) is 3.46. The fourth-order valence-corrected chi connectivity index (χ4v) is 2.30. The molecule has 0 atom stereocenters. The summed E-state index contributed by atoms with van der Waals surface area (Å²) in [5.41, 5.74) is 0.876. The zero-order chi connectivity index (χ0) is 17.0. The number of ether oxygens (including phenoxy) is 1. The van der Waals surface area contributed by atoms with Crippen molar-refractivity contribution in [3.8, 4) is 17.6 Å². The van der Waals surface area contributed by atoms with E-state index in [0.717, 1.165) is 11.3 Å². The summed E-state index contributed by atoms with van der Waals surface area (Å²) in [6.45, 7) is 6.43. The summed E-state index contributed by atoms with van der Waals surface area (Å²) >= 11 is 3.35. The Labute approximate surface area is 144 Å². The Morgan fingerprint density at radius 2 is 1.91 bits per heavy atom. The average molecular weight is 375 g/mol. The van der Waals surface area contributed by atoms with Gasteiger partial charge in [0.15, 0.2) is 5.69 Å². The molecule has 0 bridgehead atoms. The van der Waals surface area contributed by atoms with Gasteiger partial charge in [-0.25, -0.2) is 4.98 Å². The molecular formula is C18H19BrN2O2. The van der Waals surface area contributed by atoms with Gasteiger partial charge in [0.25, 0.3) is 5.56 Å². The topological polar surface area (TPSA) is 44.1 Å². The van der Waals surface area contributed by atoms with Crippen LogP contribution in [-0.2, 0) is 6.54 Å². The molecule has 0 spiro atoms. The van der Waals surface area contributed by atoms with Crippen LogP contribution in [0.3, 0.4) is 0 Å². The van der Waals surface area contributed by atoms with Gasteiger partial charge >= 0.3 is 0 Å². The van der Waals surface area contributed by atoms with E-state index >= 15 is 0 Å². The molecule has 0 fully saturated rings. The lowest BCUT2D eigenvalue weighted by molar-refractivity contribution is 0.414. The van der Waals surface area contributed by atoms with Crippen molar-refractivity contribution in [1.29, 1.82) is 0 Å². The highest BCUT2D eigenvalue weighted by Gasteiger charge is 2.09. The minimum atomic E-state index is -0.194. The summed E-state index contributed by atoms with van der Waals surface area (Å²) < 4.78 is 7.33. The molecule has 23 heavy (non-hydrogen) atoms. The lowest BCUT2D eigenvalue weighted by Crippen LogP contribution is -2.24. The molecule has 120 valence electrons. The third-order valence-corrected chi connectivity index (χ3v) is 3.39. The first-order valence-electron chi connectivity index (χ1n) is 7.21. The molecule has 0 unspecified atom stereocenters. The Bertz CT molecular complexity index is 806. The van der Waals surface area contributed by atoms with Crippen molar-refractivity contribution in [2.75, 3.05) is 7.11 Å². The Hall–Kier alpha value is -2.06. The second kappa shape index (κ2) is 7.01. The molecule has 0 saturated carbocycles. The predicted molar refractivity (Wildman–Crippen MR) is 94.6 cm³/mol. The summed E-state index contributed by atoms with van der Waals surface area (Å²) in [7, 11) is 1.62. The molecule has 4 nitrogen and oxygen atoms in total. The van der Waals surface area contributed by atoms with Crippen LogP contribution in [0.5, 0.6) is 5.75 Å². The van der Waals surface area contributed by atoms with Gasteiger partial charge in [-0.15, -0.1) is 0 Å². The number of aromatic nitrogens is 2. The van der Waals surface area contributed by atoms with Crippen LogP contribution in [0.15, 0.2) is 39.9 Å². The monoisotopic (exact) mass is 374 g/mol. The van der Waals surface area contributed by atoms with Crippen LogP contribution in [-0.4, -0.2) is 16.7 Å². The van der Waals surface area contributed by atoms with Crippen molar-refractivity contribution in [3.63, 3.8) is 0 Å². The summed E-state index contributed by atoms with van der Waals surface area (Å²) in [6.07, 6.45) is 1.68. The highest BCUT2D eigenvalue weighted by molar-refractivity contribution is 9.10. The molecule has 5 heteroatoms. The third kappa shape index (κ3) is 4.97. The fraction of sp³-hybridized carbons (Fsp3) is 0.333. The molecule has 0 amide bonds.